The summed E-state index contributed by atoms with van der Waals surface area (Å²) in [6.07, 6.45) is 3.94. The highest BCUT2D eigenvalue weighted by Gasteiger charge is 2.36. The van der Waals surface area contributed by atoms with Crippen LogP contribution in [0.4, 0.5) is 4.39 Å². The molecule has 0 bridgehead atoms. The van der Waals surface area contributed by atoms with Crippen molar-refractivity contribution in [1.82, 2.24) is 0 Å². The van der Waals surface area contributed by atoms with Crippen molar-refractivity contribution in [3.8, 4) is 0 Å². The van der Waals surface area contributed by atoms with Crippen LogP contribution < -0.4 is 0 Å². The molecule has 1 unspecified atom stereocenters. The van der Waals surface area contributed by atoms with Gasteiger partial charge in [-0.05, 0) is 48.9 Å². The Morgan fingerprint density at radius 2 is 1.95 bits per heavy atom. The molecule has 0 spiro atoms. The topological polar surface area (TPSA) is 0 Å². The van der Waals surface area contributed by atoms with Gasteiger partial charge >= 0.3 is 0 Å². The number of hydrogen-bond donors (Lipinski definition) is 0. The first kappa shape index (κ1) is 15.1. The zero-order chi connectivity index (χ0) is 14.9. The van der Waals surface area contributed by atoms with Gasteiger partial charge in [-0.15, -0.1) is 0 Å². The molecule has 110 valence electrons. The van der Waals surface area contributed by atoms with Gasteiger partial charge in [-0.25, -0.2) is 4.39 Å². The van der Waals surface area contributed by atoms with E-state index in [-0.39, 0.29) is 11.2 Å². The third kappa shape index (κ3) is 2.76. The van der Waals surface area contributed by atoms with Crippen molar-refractivity contribution in [2.75, 3.05) is 5.33 Å². The number of hydrogen-bond acceptors (Lipinski definition) is 0. The molecular weight excluding hydrogens is 351 g/mol. The minimum absolute atomic E-state index is 0.0688. The van der Waals surface area contributed by atoms with Gasteiger partial charge in [0.05, 0.1) is 0 Å². The fraction of sp³-hybridized carbons (Fsp3) is 0.333. The molecule has 0 fully saturated rings. The lowest BCUT2D eigenvalue weighted by Crippen LogP contribution is -2.35. The minimum atomic E-state index is -0.203. The molecule has 0 saturated heterocycles. The first-order valence-corrected chi connectivity index (χ1v) is 8.73. The first-order chi connectivity index (χ1) is 10.2. The van der Waals surface area contributed by atoms with Gasteiger partial charge in [0.15, 0.2) is 0 Å². The summed E-state index contributed by atoms with van der Waals surface area (Å²) in [5.74, 6) is -0.203. The van der Waals surface area contributed by atoms with E-state index in [0.29, 0.717) is 17.0 Å². The summed E-state index contributed by atoms with van der Waals surface area (Å²) in [5.41, 5.74) is 3.29. The average molecular weight is 368 g/mol. The Morgan fingerprint density at radius 1 is 1.14 bits per heavy atom. The smallest absolute Gasteiger partial charge is 0.127 e. The highest BCUT2D eigenvalue weighted by Crippen LogP contribution is 2.42. The van der Waals surface area contributed by atoms with Crippen molar-refractivity contribution >= 4 is 27.5 Å². The lowest BCUT2D eigenvalue weighted by atomic mass is 9.68. The van der Waals surface area contributed by atoms with E-state index in [4.69, 9.17) is 11.6 Å². The average Bonchev–Trinajstić information content (AvgIpc) is 2.51. The number of aryl methyl sites for hydroxylation is 1. The van der Waals surface area contributed by atoms with Crippen molar-refractivity contribution in [2.45, 2.75) is 31.1 Å². The van der Waals surface area contributed by atoms with Crippen LogP contribution in [0.2, 0.25) is 5.02 Å². The van der Waals surface area contributed by atoms with Crippen molar-refractivity contribution in [3.05, 3.63) is 70.0 Å². The summed E-state index contributed by atoms with van der Waals surface area (Å²) >= 11 is 9.92. The molecule has 1 atom stereocenters. The second-order valence-corrected chi connectivity index (χ2v) is 6.77. The summed E-state index contributed by atoms with van der Waals surface area (Å²) in [6.45, 7) is 0. The third-order valence-corrected chi connectivity index (χ3v) is 5.95. The van der Waals surface area contributed by atoms with E-state index >= 15 is 0 Å². The van der Waals surface area contributed by atoms with E-state index in [0.717, 1.165) is 24.6 Å². The Hall–Kier alpha value is -0.860. The monoisotopic (exact) mass is 366 g/mol. The molecule has 0 aliphatic heterocycles. The van der Waals surface area contributed by atoms with Crippen LogP contribution in [0.25, 0.3) is 0 Å². The maximum absolute atomic E-state index is 14.2. The van der Waals surface area contributed by atoms with E-state index in [1.807, 2.05) is 0 Å². The fourth-order valence-electron chi connectivity index (χ4n) is 3.42. The van der Waals surface area contributed by atoms with Crippen molar-refractivity contribution < 1.29 is 4.39 Å². The van der Waals surface area contributed by atoms with Crippen LogP contribution in [0, 0.1) is 5.82 Å². The van der Waals surface area contributed by atoms with Gasteiger partial charge < -0.3 is 0 Å². The fourth-order valence-corrected chi connectivity index (χ4v) is 4.43. The lowest BCUT2D eigenvalue weighted by molar-refractivity contribution is 0.395. The normalized spacial score (nSPS) is 21.1. The van der Waals surface area contributed by atoms with Crippen LogP contribution >= 0.6 is 27.5 Å². The quantitative estimate of drug-likeness (QED) is 0.611. The molecule has 2 aromatic carbocycles. The van der Waals surface area contributed by atoms with Gasteiger partial charge in [-0.3, -0.25) is 0 Å². The molecule has 3 heteroatoms. The number of benzene rings is 2. The highest BCUT2D eigenvalue weighted by molar-refractivity contribution is 9.09. The molecule has 0 amide bonds. The van der Waals surface area contributed by atoms with Gasteiger partial charge in [-0.1, -0.05) is 57.9 Å². The zero-order valence-electron chi connectivity index (χ0n) is 11.7. The van der Waals surface area contributed by atoms with Crippen molar-refractivity contribution in [2.24, 2.45) is 0 Å². The van der Waals surface area contributed by atoms with E-state index in [1.54, 1.807) is 12.1 Å². The number of rotatable bonds is 3. The number of alkyl halides is 1. The van der Waals surface area contributed by atoms with Gasteiger partial charge in [0, 0.05) is 21.3 Å². The second-order valence-electron chi connectivity index (χ2n) is 5.80. The molecule has 0 N–H and O–H groups in total. The largest absolute Gasteiger partial charge is 0.207 e. The zero-order valence-corrected chi connectivity index (χ0v) is 14.1. The summed E-state index contributed by atoms with van der Waals surface area (Å²) in [6, 6.07) is 13.5. The van der Waals surface area contributed by atoms with Crippen LogP contribution in [0.3, 0.4) is 0 Å². The maximum atomic E-state index is 14.2. The van der Waals surface area contributed by atoms with Crippen molar-refractivity contribution in [3.63, 3.8) is 0 Å². The summed E-state index contributed by atoms with van der Waals surface area (Å²) in [7, 11) is 0. The maximum Gasteiger partial charge on any atom is 0.127 e. The summed E-state index contributed by atoms with van der Waals surface area (Å²) in [5, 5.41) is 1.35. The minimum Gasteiger partial charge on any atom is -0.207 e. The predicted octanol–water partition coefficient (Wildman–Crippen LogP) is 5.69. The number of halogens is 3. The molecule has 1 aliphatic rings. The van der Waals surface area contributed by atoms with E-state index in [1.165, 1.54) is 17.2 Å². The molecule has 2 aromatic rings. The lowest BCUT2D eigenvalue weighted by Gasteiger charge is -2.38. The summed E-state index contributed by atoms with van der Waals surface area (Å²) < 4.78 is 14.2. The number of fused-ring (bicyclic) bond motifs is 1. The van der Waals surface area contributed by atoms with Gasteiger partial charge in [0.2, 0.25) is 0 Å². The van der Waals surface area contributed by atoms with Crippen LogP contribution in [-0.4, -0.2) is 5.33 Å². The van der Waals surface area contributed by atoms with Gasteiger partial charge in [-0.2, -0.15) is 0 Å². The predicted molar refractivity (Wildman–Crippen MR) is 90.0 cm³/mol. The van der Waals surface area contributed by atoms with Crippen LogP contribution in [0.15, 0.2) is 42.5 Å². The standard InChI is InChI=1S/C18H17BrClF/c19-12-18(11-14-16(20)8-3-9-17(14)21)10-4-6-13-5-1-2-7-15(13)18/h1-3,5,7-9H,4,6,10-12H2. The first-order valence-electron chi connectivity index (χ1n) is 7.23. The SMILES string of the molecule is Fc1cccc(Cl)c1CC1(CBr)CCCc2ccccc21. The molecule has 21 heavy (non-hydrogen) atoms. The summed E-state index contributed by atoms with van der Waals surface area (Å²) in [4.78, 5) is 0. The molecule has 0 saturated carbocycles. The Labute approximate surface area is 138 Å². The van der Waals surface area contributed by atoms with E-state index in [9.17, 15) is 4.39 Å². The van der Waals surface area contributed by atoms with Crippen molar-refractivity contribution in [1.29, 1.82) is 0 Å². The molecule has 0 nitrogen and oxygen atoms in total. The second kappa shape index (κ2) is 6.10. The van der Waals surface area contributed by atoms with Gasteiger partial charge in [0.1, 0.15) is 5.82 Å². The Kier molecular flexibility index (Phi) is 4.37. The molecular formula is C18H17BrClF. The molecule has 3 rings (SSSR count). The molecule has 0 aromatic heterocycles. The van der Waals surface area contributed by atoms with Crippen LogP contribution in [-0.2, 0) is 18.3 Å². The van der Waals surface area contributed by atoms with Gasteiger partial charge in [0.25, 0.3) is 0 Å². The molecule has 0 radical (unpaired) electrons. The van der Waals surface area contributed by atoms with Crippen LogP contribution in [0.1, 0.15) is 29.5 Å². The Bertz CT molecular complexity index is 635. The Morgan fingerprint density at radius 3 is 2.71 bits per heavy atom. The Balaban J connectivity index is 2.07. The molecule has 0 heterocycles. The highest BCUT2D eigenvalue weighted by atomic mass is 79.9. The van der Waals surface area contributed by atoms with E-state index in [2.05, 4.69) is 40.2 Å². The van der Waals surface area contributed by atoms with Crippen LogP contribution in [0.5, 0.6) is 0 Å². The third-order valence-electron chi connectivity index (χ3n) is 4.52. The molecule has 1 aliphatic carbocycles. The van der Waals surface area contributed by atoms with E-state index < -0.39 is 0 Å².